The van der Waals surface area contributed by atoms with E-state index >= 15 is 0 Å². The Morgan fingerprint density at radius 3 is 2.50 bits per heavy atom. The van der Waals surface area contributed by atoms with Gasteiger partial charge in [0.05, 0.1) is 11.4 Å². The molecule has 0 amide bonds. The van der Waals surface area contributed by atoms with E-state index in [1.807, 2.05) is 49.5 Å². The molecule has 0 aliphatic heterocycles. The number of anilines is 2. The highest BCUT2D eigenvalue weighted by Crippen LogP contribution is 2.27. The molecule has 2 aromatic rings. The molecule has 0 spiro atoms. The molecular weight excluding hydrogens is 312 g/mol. The van der Waals surface area contributed by atoms with E-state index in [9.17, 15) is 0 Å². The standard InChI is InChI=1S/C14H14BrClN2/c1-18(9-10-2-5-12(16)6-3-10)14-8-11(15)4-7-13(14)17/h2-8H,9,17H2,1H3. The van der Waals surface area contributed by atoms with Gasteiger partial charge in [0.25, 0.3) is 0 Å². The van der Waals surface area contributed by atoms with Gasteiger partial charge in [-0.2, -0.15) is 0 Å². The van der Waals surface area contributed by atoms with Crippen LogP contribution in [0.3, 0.4) is 0 Å². The zero-order valence-corrected chi connectivity index (χ0v) is 12.4. The zero-order valence-electron chi connectivity index (χ0n) is 10.0. The fraction of sp³-hybridized carbons (Fsp3) is 0.143. The highest BCUT2D eigenvalue weighted by atomic mass is 79.9. The van der Waals surface area contributed by atoms with Gasteiger partial charge in [0, 0.05) is 23.1 Å². The lowest BCUT2D eigenvalue weighted by atomic mass is 10.2. The van der Waals surface area contributed by atoms with E-state index < -0.39 is 0 Å². The number of halogens is 2. The second-order valence-corrected chi connectivity index (χ2v) is 5.54. The van der Waals surface area contributed by atoms with Crippen LogP contribution in [-0.2, 0) is 6.54 Å². The van der Waals surface area contributed by atoms with Crippen LogP contribution in [0, 0.1) is 0 Å². The summed E-state index contributed by atoms with van der Waals surface area (Å²) < 4.78 is 1.02. The molecule has 2 aromatic carbocycles. The minimum absolute atomic E-state index is 0.753. The summed E-state index contributed by atoms with van der Waals surface area (Å²) in [7, 11) is 2.02. The van der Waals surface area contributed by atoms with Crippen LogP contribution in [0.5, 0.6) is 0 Å². The predicted molar refractivity (Wildman–Crippen MR) is 82.1 cm³/mol. The van der Waals surface area contributed by atoms with E-state index in [0.717, 1.165) is 27.4 Å². The van der Waals surface area contributed by atoms with Crippen molar-refractivity contribution in [1.82, 2.24) is 0 Å². The van der Waals surface area contributed by atoms with Gasteiger partial charge in [-0.1, -0.05) is 39.7 Å². The van der Waals surface area contributed by atoms with Crippen LogP contribution in [-0.4, -0.2) is 7.05 Å². The van der Waals surface area contributed by atoms with Crippen LogP contribution >= 0.6 is 27.5 Å². The summed E-state index contributed by atoms with van der Waals surface area (Å²) in [4.78, 5) is 2.11. The first kappa shape index (κ1) is 13.2. The second-order valence-electron chi connectivity index (χ2n) is 4.19. The van der Waals surface area contributed by atoms with Crippen LogP contribution in [0.25, 0.3) is 0 Å². The SMILES string of the molecule is CN(Cc1ccc(Cl)cc1)c1cc(Br)ccc1N. The van der Waals surface area contributed by atoms with Crippen LogP contribution in [0.2, 0.25) is 5.02 Å². The predicted octanol–water partition coefficient (Wildman–Crippen LogP) is 4.32. The van der Waals surface area contributed by atoms with E-state index in [1.54, 1.807) is 0 Å². The van der Waals surface area contributed by atoms with Crippen molar-refractivity contribution in [2.75, 3.05) is 17.7 Å². The molecule has 94 valence electrons. The molecule has 0 aromatic heterocycles. The Morgan fingerprint density at radius 1 is 1.17 bits per heavy atom. The lowest BCUT2D eigenvalue weighted by Gasteiger charge is -2.21. The highest BCUT2D eigenvalue weighted by Gasteiger charge is 2.06. The third-order valence-electron chi connectivity index (χ3n) is 2.74. The maximum absolute atomic E-state index is 5.98. The van der Waals surface area contributed by atoms with Crippen molar-refractivity contribution in [1.29, 1.82) is 0 Å². The summed E-state index contributed by atoms with van der Waals surface area (Å²) in [6.07, 6.45) is 0. The molecule has 0 radical (unpaired) electrons. The Balaban J connectivity index is 2.18. The molecule has 2 N–H and O–H groups in total. The van der Waals surface area contributed by atoms with Gasteiger partial charge in [-0.05, 0) is 35.9 Å². The van der Waals surface area contributed by atoms with Gasteiger partial charge >= 0.3 is 0 Å². The van der Waals surface area contributed by atoms with Gasteiger partial charge in [-0.3, -0.25) is 0 Å². The summed E-state index contributed by atoms with van der Waals surface area (Å²) in [5.41, 5.74) is 8.97. The summed E-state index contributed by atoms with van der Waals surface area (Å²) >= 11 is 9.33. The third kappa shape index (κ3) is 3.18. The smallest absolute Gasteiger partial charge is 0.0611 e. The maximum Gasteiger partial charge on any atom is 0.0611 e. The molecule has 0 aliphatic carbocycles. The molecule has 0 atom stereocenters. The number of nitrogen functional groups attached to an aromatic ring is 1. The summed E-state index contributed by atoms with van der Waals surface area (Å²) in [6, 6.07) is 13.7. The van der Waals surface area contributed by atoms with Crippen molar-refractivity contribution < 1.29 is 0 Å². The molecule has 0 unspecified atom stereocenters. The van der Waals surface area contributed by atoms with Gasteiger partial charge in [0.15, 0.2) is 0 Å². The van der Waals surface area contributed by atoms with Crippen molar-refractivity contribution in [2.24, 2.45) is 0 Å². The zero-order chi connectivity index (χ0) is 13.1. The molecule has 4 heteroatoms. The first-order valence-corrected chi connectivity index (χ1v) is 6.74. The molecule has 0 saturated carbocycles. The number of hydrogen-bond acceptors (Lipinski definition) is 2. The maximum atomic E-state index is 5.98. The minimum atomic E-state index is 0.753. The van der Waals surface area contributed by atoms with E-state index in [1.165, 1.54) is 5.56 Å². The Hall–Kier alpha value is -1.19. The topological polar surface area (TPSA) is 29.3 Å². The van der Waals surface area contributed by atoms with Gasteiger partial charge in [0.2, 0.25) is 0 Å². The molecule has 2 nitrogen and oxygen atoms in total. The lowest BCUT2D eigenvalue weighted by Crippen LogP contribution is -2.17. The van der Waals surface area contributed by atoms with Gasteiger partial charge in [0.1, 0.15) is 0 Å². The fourth-order valence-corrected chi connectivity index (χ4v) is 2.27. The quantitative estimate of drug-likeness (QED) is 0.852. The summed E-state index contributed by atoms with van der Waals surface area (Å²) in [5, 5.41) is 0.753. The molecule has 0 aliphatic rings. The van der Waals surface area contributed by atoms with Gasteiger partial charge in [-0.25, -0.2) is 0 Å². The van der Waals surface area contributed by atoms with Crippen LogP contribution in [0.1, 0.15) is 5.56 Å². The average molecular weight is 326 g/mol. The molecule has 0 fully saturated rings. The summed E-state index contributed by atoms with van der Waals surface area (Å²) in [5.74, 6) is 0. The normalized spacial score (nSPS) is 10.4. The van der Waals surface area contributed by atoms with E-state index in [4.69, 9.17) is 17.3 Å². The average Bonchev–Trinajstić information content (AvgIpc) is 2.35. The highest BCUT2D eigenvalue weighted by molar-refractivity contribution is 9.10. The van der Waals surface area contributed by atoms with Crippen molar-refractivity contribution in [2.45, 2.75) is 6.54 Å². The Morgan fingerprint density at radius 2 is 1.83 bits per heavy atom. The van der Waals surface area contributed by atoms with Crippen molar-refractivity contribution >= 4 is 38.9 Å². The Kier molecular flexibility index (Phi) is 4.15. The number of nitrogens with two attached hydrogens (primary N) is 1. The molecule has 18 heavy (non-hydrogen) atoms. The van der Waals surface area contributed by atoms with Crippen LogP contribution in [0.4, 0.5) is 11.4 Å². The molecule has 0 heterocycles. The lowest BCUT2D eigenvalue weighted by molar-refractivity contribution is 0.924. The molecule has 0 bridgehead atoms. The van der Waals surface area contributed by atoms with Gasteiger partial charge in [-0.15, -0.1) is 0 Å². The summed E-state index contributed by atoms with van der Waals surface area (Å²) in [6.45, 7) is 0.790. The number of nitrogens with zero attached hydrogens (tertiary/aromatic N) is 1. The Labute approximate surface area is 120 Å². The second kappa shape index (κ2) is 5.63. The molecular formula is C14H14BrClN2. The third-order valence-corrected chi connectivity index (χ3v) is 3.48. The number of hydrogen-bond donors (Lipinski definition) is 1. The van der Waals surface area contributed by atoms with Crippen LogP contribution < -0.4 is 10.6 Å². The minimum Gasteiger partial charge on any atom is -0.397 e. The van der Waals surface area contributed by atoms with Crippen molar-refractivity contribution in [3.05, 3.63) is 57.5 Å². The van der Waals surface area contributed by atoms with E-state index in [0.29, 0.717) is 0 Å². The largest absolute Gasteiger partial charge is 0.397 e. The Bertz CT molecular complexity index is 540. The number of benzene rings is 2. The first-order valence-electron chi connectivity index (χ1n) is 5.57. The van der Waals surface area contributed by atoms with Gasteiger partial charge < -0.3 is 10.6 Å². The van der Waals surface area contributed by atoms with Crippen LogP contribution in [0.15, 0.2) is 46.9 Å². The van der Waals surface area contributed by atoms with E-state index in [2.05, 4.69) is 20.8 Å². The fourth-order valence-electron chi connectivity index (χ4n) is 1.80. The molecule has 0 saturated heterocycles. The monoisotopic (exact) mass is 324 g/mol. The number of rotatable bonds is 3. The van der Waals surface area contributed by atoms with Crippen molar-refractivity contribution in [3.63, 3.8) is 0 Å². The van der Waals surface area contributed by atoms with Crippen molar-refractivity contribution in [3.8, 4) is 0 Å². The molecule has 2 rings (SSSR count). The van der Waals surface area contributed by atoms with E-state index in [-0.39, 0.29) is 0 Å². The first-order chi connectivity index (χ1) is 8.56.